The van der Waals surface area contributed by atoms with Gasteiger partial charge < -0.3 is 0 Å². The van der Waals surface area contributed by atoms with Crippen molar-refractivity contribution in [2.45, 2.75) is 6.92 Å². The van der Waals surface area contributed by atoms with Crippen molar-refractivity contribution in [3.05, 3.63) is 68.7 Å². The van der Waals surface area contributed by atoms with Crippen LogP contribution in [0.15, 0.2) is 53.0 Å². The second kappa shape index (κ2) is 6.89. The molecule has 1 amide bonds. The Labute approximate surface area is 155 Å². The fourth-order valence-corrected chi connectivity index (χ4v) is 3.01. The third kappa shape index (κ3) is 3.43. The van der Waals surface area contributed by atoms with Crippen LogP contribution >= 0.6 is 15.9 Å². The summed E-state index contributed by atoms with van der Waals surface area (Å²) in [5, 5.41) is 7.24. The van der Waals surface area contributed by atoms with Crippen LogP contribution in [0.5, 0.6) is 0 Å². The van der Waals surface area contributed by atoms with E-state index in [1.165, 1.54) is 0 Å². The van der Waals surface area contributed by atoms with Crippen LogP contribution in [-0.4, -0.2) is 35.8 Å². The van der Waals surface area contributed by atoms with Crippen molar-refractivity contribution >= 4 is 43.1 Å². The number of nitrogens with zero attached hydrogens (tertiary/aromatic N) is 3. The number of aromatic nitrogens is 3. The van der Waals surface area contributed by atoms with Crippen LogP contribution in [-0.2, 0) is 7.05 Å². The van der Waals surface area contributed by atoms with Crippen LogP contribution in [0.4, 0.5) is 5.69 Å². The van der Waals surface area contributed by atoms with Crippen molar-refractivity contribution in [3.63, 3.8) is 0 Å². The first-order valence-corrected chi connectivity index (χ1v) is 8.90. The normalized spacial score (nSPS) is 10.6. The van der Waals surface area contributed by atoms with E-state index in [0.29, 0.717) is 5.82 Å². The molecule has 3 aromatic rings. The van der Waals surface area contributed by atoms with E-state index in [-0.39, 0.29) is 5.91 Å². The summed E-state index contributed by atoms with van der Waals surface area (Å²) in [7, 11) is 1.80. The van der Waals surface area contributed by atoms with Crippen LogP contribution in [0.25, 0.3) is 5.69 Å². The van der Waals surface area contributed by atoms with Crippen LogP contribution in [0.2, 0.25) is 0 Å². The molecular weight excluding hydrogens is 435 g/mol. The first kappa shape index (κ1) is 16.9. The van der Waals surface area contributed by atoms with Gasteiger partial charge in [0, 0.05) is 0 Å². The molecule has 1 heterocycles. The fraction of sp³-hybridized carbons (Fsp3) is 0.118. The van der Waals surface area contributed by atoms with Gasteiger partial charge in [0.25, 0.3) is 0 Å². The Bertz CT molecular complexity index is 942. The van der Waals surface area contributed by atoms with Crippen LogP contribution in [0.3, 0.4) is 0 Å². The maximum atomic E-state index is 12.7. The Hall–Kier alpha value is -1.95. The SMILES string of the molecule is Cc1ccc(NC(=O)c2nn(C)c(=[Se])n2-c2ccc(Br)cc2)cc1. The number of anilines is 1. The molecule has 0 saturated heterocycles. The molecule has 0 aliphatic heterocycles. The third-order valence-corrected chi connectivity index (χ3v) is 4.99. The standard InChI is InChI=1S/C17H15BrN4OSe/c1-11-3-7-13(8-4-11)19-16(23)15-20-21(2)17(24)22(15)14-9-5-12(18)6-10-14/h3-10H,1-2H3,(H,19,23). The molecule has 0 aliphatic carbocycles. The number of halogens is 1. The van der Waals surface area contributed by atoms with E-state index in [4.69, 9.17) is 0 Å². The first-order valence-electron chi connectivity index (χ1n) is 7.26. The molecule has 5 nitrogen and oxygen atoms in total. The number of hydrogen-bond donors (Lipinski definition) is 1. The summed E-state index contributed by atoms with van der Waals surface area (Å²) in [6.45, 7) is 2.00. The molecule has 24 heavy (non-hydrogen) atoms. The van der Waals surface area contributed by atoms with E-state index in [1.54, 1.807) is 16.3 Å². The van der Waals surface area contributed by atoms with Crippen LogP contribution in [0.1, 0.15) is 16.2 Å². The molecule has 0 atom stereocenters. The second-order valence-electron chi connectivity index (χ2n) is 5.36. The van der Waals surface area contributed by atoms with Gasteiger partial charge in [-0.1, -0.05) is 0 Å². The van der Waals surface area contributed by atoms with E-state index in [9.17, 15) is 4.79 Å². The van der Waals surface area contributed by atoms with Crippen molar-refractivity contribution in [2.24, 2.45) is 7.05 Å². The molecule has 0 radical (unpaired) electrons. The van der Waals surface area contributed by atoms with E-state index >= 15 is 0 Å². The summed E-state index contributed by atoms with van der Waals surface area (Å²) in [5.74, 6) is 0.0491. The van der Waals surface area contributed by atoms with E-state index < -0.39 is 0 Å². The van der Waals surface area contributed by atoms with Crippen molar-refractivity contribution in [3.8, 4) is 5.69 Å². The molecule has 0 bridgehead atoms. The molecule has 0 spiro atoms. The summed E-state index contributed by atoms with van der Waals surface area (Å²) in [6, 6.07) is 15.4. The molecule has 2 aromatic carbocycles. The monoisotopic (exact) mass is 450 g/mol. The van der Waals surface area contributed by atoms with Crippen molar-refractivity contribution in [1.82, 2.24) is 14.3 Å². The quantitative estimate of drug-likeness (QED) is 0.624. The van der Waals surface area contributed by atoms with Gasteiger partial charge in [-0.05, 0) is 0 Å². The molecule has 122 valence electrons. The Morgan fingerprint density at radius 1 is 1.12 bits per heavy atom. The maximum absolute atomic E-state index is 12.7. The van der Waals surface area contributed by atoms with Gasteiger partial charge in [0.05, 0.1) is 0 Å². The molecule has 0 saturated carbocycles. The molecule has 7 heteroatoms. The summed E-state index contributed by atoms with van der Waals surface area (Å²) in [6.07, 6.45) is 0. The molecule has 1 N–H and O–H groups in total. The van der Waals surface area contributed by atoms with E-state index in [1.807, 2.05) is 55.5 Å². The predicted octanol–water partition coefficient (Wildman–Crippen LogP) is 3.23. The van der Waals surface area contributed by atoms with Gasteiger partial charge >= 0.3 is 156 Å². The number of aryl methyl sites for hydroxylation is 2. The van der Waals surface area contributed by atoms with Gasteiger partial charge in [0.15, 0.2) is 0 Å². The Morgan fingerprint density at radius 3 is 2.38 bits per heavy atom. The molecule has 0 fully saturated rings. The molecule has 3 rings (SSSR count). The number of benzene rings is 2. The number of carbonyl (C=O) groups is 1. The number of nitrogens with one attached hydrogen (secondary N) is 1. The number of hydrogen-bond acceptors (Lipinski definition) is 2. The average Bonchev–Trinajstić information content (AvgIpc) is 2.86. The third-order valence-electron chi connectivity index (χ3n) is 3.52. The van der Waals surface area contributed by atoms with Gasteiger partial charge in [-0.25, -0.2) is 0 Å². The predicted molar refractivity (Wildman–Crippen MR) is 98.4 cm³/mol. The Balaban J connectivity index is 2.00. The van der Waals surface area contributed by atoms with Gasteiger partial charge in [0.2, 0.25) is 0 Å². The summed E-state index contributed by atoms with van der Waals surface area (Å²) in [4.78, 5) is 12.7. The number of carbonyl (C=O) groups excluding carboxylic acids is 1. The van der Waals surface area contributed by atoms with E-state index in [2.05, 4.69) is 41.9 Å². The zero-order valence-electron chi connectivity index (χ0n) is 13.2. The van der Waals surface area contributed by atoms with Gasteiger partial charge in [-0.15, -0.1) is 0 Å². The first-order chi connectivity index (χ1) is 11.5. The Morgan fingerprint density at radius 2 is 1.75 bits per heavy atom. The molecule has 0 aliphatic rings. The van der Waals surface area contributed by atoms with Crippen molar-refractivity contribution in [2.75, 3.05) is 5.32 Å². The van der Waals surface area contributed by atoms with Crippen LogP contribution in [0, 0.1) is 11.2 Å². The Kier molecular flexibility index (Phi) is 4.85. The van der Waals surface area contributed by atoms with Crippen molar-refractivity contribution < 1.29 is 4.79 Å². The minimum atomic E-state index is -0.265. The van der Waals surface area contributed by atoms with Gasteiger partial charge in [-0.3, -0.25) is 0 Å². The minimum absolute atomic E-state index is 0.265. The molecular formula is C17H15BrN4OSe. The topological polar surface area (TPSA) is 51.9 Å². The zero-order valence-corrected chi connectivity index (χ0v) is 16.5. The van der Waals surface area contributed by atoms with Crippen molar-refractivity contribution in [1.29, 1.82) is 0 Å². The fourth-order valence-electron chi connectivity index (χ4n) is 2.26. The van der Waals surface area contributed by atoms with Gasteiger partial charge in [0.1, 0.15) is 0 Å². The number of amides is 1. The second-order valence-corrected chi connectivity index (χ2v) is 7.04. The summed E-state index contributed by atoms with van der Waals surface area (Å²) in [5.41, 5.74) is 2.73. The van der Waals surface area contributed by atoms with Gasteiger partial charge in [-0.2, -0.15) is 0 Å². The summed E-state index contributed by atoms with van der Waals surface area (Å²) < 4.78 is 5.15. The van der Waals surface area contributed by atoms with E-state index in [0.717, 1.165) is 25.7 Å². The average molecular weight is 450 g/mol. The summed E-state index contributed by atoms with van der Waals surface area (Å²) >= 11 is 6.39. The molecule has 0 unspecified atom stereocenters. The number of rotatable bonds is 3. The van der Waals surface area contributed by atoms with Crippen LogP contribution < -0.4 is 5.32 Å². The molecule has 1 aromatic heterocycles. The zero-order chi connectivity index (χ0) is 17.3.